The average molecular weight is 369 g/mol. The lowest BCUT2D eigenvalue weighted by Gasteiger charge is -2.01. The van der Waals surface area contributed by atoms with Crippen molar-refractivity contribution in [3.63, 3.8) is 0 Å². The van der Waals surface area contributed by atoms with Crippen molar-refractivity contribution >= 4 is 50.5 Å². The Labute approximate surface area is 134 Å². The Balaban J connectivity index is 1.83. The van der Waals surface area contributed by atoms with Crippen LogP contribution in [0.5, 0.6) is 0 Å². The highest BCUT2D eigenvalue weighted by Gasteiger charge is 2.08. The highest BCUT2D eigenvalue weighted by molar-refractivity contribution is 9.10. The number of thioether (sulfide) groups is 1. The molecule has 0 fully saturated rings. The predicted octanol–water partition coefficient (Wildman–Crippen LogP) is 4.97. The van der Waals surface area contributed by atoms with Crippen LogP contribution in [0.4, 0.5) is 0 Å². The lowest BCUT2D eigenvalue weighted by atomic mass is 10.2. The zero-order valence-corrected chi connectivity index (χ0v) is 13.8. The van der Waals surface area contributed by atoms with Gasteiger partial charge in [0.25, 0.3) is 0 Å². The summed E-state index contributed by atoms with van der Waals surface area (Å²) in [6.07, 6.45) is 0. The maximum Gasteiger partial charge on any atom is 0.178 e. The van der Waals surface area contributed by atoms with Crippen molar-refractivity contribution in [2.45, 2.75) is 17.8 Å². The summed E-state index contributed by atoms with van der Waals surface area (Å²) >= 11 is 11.2. The molecule has 0 radical (unpaired) electrons. The highest BCUT2D eigenvalue weighted by atomic mass is 79.9. The fourth-order valence-electron chi connectivity index (χ4n) is 1.81. The second kappa shape index (κ2) is 5.76. The second-order valence-electron chi connectivity index (χ2n) is 4.35. The molecule has 0 spiro atoms. The normalized spacial score (nSPS) is 11.2. The van der Waals surface area contributed by atoms with E-state index in [4.69, 9.17) is 11.6 Å². The van der Waals surface area contributed by atoms with Gasteiger partial charge in [0.1, 0.15) is 0 Å². The number of aromatic amines is 1. The number of nitrogens with one attached hydrogen (secondary N) is 1. The number of rotatable bonds is 3. The number of hydrogen-bond acceptors (Lipinski definition) is 3. The highest BCUT2D eigenvalue weighted by Crippen LogP contribution is 2.27. The minimum atomic E-state index is 0.743. The van der Waals surface area contributed by atoms with Crippen LogP contribution >= 0.6 is 39.3 Å². The molecule has 3 aromatic rings. The van der Waals surface area contributed by atoms with Gasteiger partial charge in [-0.2, -0.15) is 0 Å². The van der Waals surface area contributed by atoms with Gasteiger partial charge < -0.3 is 4.98 Å². The molecule has 3 nitrogen and oxygen atoms in total. The van der Waals surface area contributed by atoms with Crippen molar-refractivity contribution in [1.82, 2.24) is 15.0 Å². The molecule has 2 aromatic heterocycles. The number of H-pyrrole nitrogens is 1. The summed E-state index contributed by atoms with van der Waals surface area (Å²) in [6, 6.07) is 9.85. The molecule has 0 saturated heterocycles. The standard InChI is InChI=1S/C14H11BrClN3S/c1-8-10(15)6-12-13(17-8)19-14(18-12)20-7-9-4-2-3-5-11(9)16/h2-6H,7H2,1H3,(H,17,18,19). The van der Waals surface area contributed by atoms with E-state index in [2.05, 4.69) is 30.9 Å². The minimum absolute atomic E-state index is 0.743. The number of pyridine rings is 1. The summed E-state index contributed by atoms with van der Waals surface area (Å²) in [5.74, 6) is 0.777. The first-order valence-electron chi connectivity index (χ1n) is 6.02. The van der Waals surface area contributed by atoms with Crippen molar-refractivity contribution in [3.05, 3.63) is 51.1 Å². The van der Waals surface area contributed by atoms with Gasteiger partial charge in [0.2, 0.25) is 0 Å². The molecule has 0 aliphatic heterocycles. The summed E-state index contributed by atoms with van der Waals surface area (Å²) in [4.78, 5) is 12.2. The van der Waals surface area contributed by atoms with Crippen LogP contribution < -0.4 is 0 Å². The van der Waals surface area contributed by atoms with Crippen LogP contribution in [0.15, 0.2) is 40.0 Å². The SMILES string of the molecule is Cc1nc2nc(SCc3ccccc3Cl)[nH]c2cc1Br. The molecule has 1 aromatic carbocycles. The second-order valence-corrected chi connectivity index (χ2v) is 6.57. The predicted molar refractivity (Wildman–Crippen MR) is 87.3 cm³/mol. The Morgan fingerprint density at radius 2 is 2.10 bits per heavy atom. The third-order valence-corrected chi connectivity index (χ3v) is 5.00. The van der Waals surface area contributed by atoms with Crippen molar-refractivity contribution < 1.29 is 0 Å². The van der Waals surface area contributed by atoms with Crippen LogP contribution in [0.2, 0.25) is 5.02 Å². The summed E-state index contributed by atoms with van der Waals surface area (Å²) in [7, 11) is 0. The number of benzene rings is 1. The maximum atomic E-state index is 6.15. The third kappa shape index (κ3) is 2.85. The molecule has 0 amide bonds. The Kier molecular flexibility index (Phi) is 4.01. The fourth-order valence-corrected chi connectivity index (χ4v) is 3.29. The van der Waals surface area contributed by atoms with Gasteiger partial charge in [-0.3, -0.25) is 0 Å². The van der Waals surface area contributed by atoms with E-state index in [9.17, 15) is 0 Å². The van der Waals surface area contributed by atoms with Crippen LogP contribution in [0.25, 0.3) is 11.2 Å². The molecule has 0 saturated carbocycles. The molecule has 2 heterocycles. The Hall–Kier alpha value is -1.04. The monoisotopic (exact) mass is 367 g/mol. The summed E-state index contributed by atoms with van der Waals surface area (Å²) in [5, 5.41) is 1.64. The topological polar surface area (TPSA) is 41.6 Å². The summed E-state index contributed by atoms with van der Waals surface area (Å²) in [5.41, 5.74) is 3.72. The number of halogens is 2. The number of nitrogens with zero attached hydrogens (tertiary/aromatic N) is 2. The van der Waals surface area contributed by atoms with Crippen LogP contribution in [-0.4, -0.2) is 15.0 Å². The zero-order chi connectivity index (χ0) is 14.1. The number of hydrogen-bond donors (Lipinski definition) is 1. The van der Waals surface area contributed by atoms with Gasteiger partial charge in [-0.25, -0.2) is 9.97 Å². The lowest BCUT2D eigenvalue weighted by molar-refractivity contribution is 1.07. The first-order valence-corrected chi connectivity index (χ1v) is 8.18. The molecule has 0 unspecified atom stereocenters. The first-order chi connectivity index (χ1) is 9.63. The van der Waals surface area contributed by atoms with Crippen molar-refractivity contribution in [1.29, 1.82) is 0 Å². The third-order valence-electron chi connectivity index (χ3n) is 2.90. The van der Waals surface area contributed by atoms with Gasteiger partial charge in [-0.1, -0.05) is 41.6 Å². The van der Waals surface area contributed by atoms with Crippen LogP contribution in [0, 0.1) is 6.92 Å². The summed E-state index contributed by atoms with van der Waals surface area (Å²) < 4.78 is 0.983. The average Bonchev–Trinajstić information content (AvgIpc) is 2.80. The number of aromatic nitrogens is 3. The molecule has 0 bridgehead atoms. The van der Waals surface area contributed by atoms with Crippen molar-refractivity contribution in [2.24, 2.45) is 0 Å². The molecule has 0 aliphatic rings. The van der Waals surface area contributed by atoms with Gasteiger partial charge in [0.05, 0.1) is 11.2 Å². The molecule has 0 atom stereocenters. The fraction of sp³-hybridized carbons (Fsp3) is 0.143. The number of imidazole rings is 1. The lowest BCUT2D eigenvalue weighted by Crippen LogP contribution is -1.84. The molecule has 1 N–H and O–H groups in total. The summed E-state index contributed by atoms with van der Waals surface area (Å²) in [6.45, 7) is 1.95. The maximum absolute atomic E-state index is 6.15. The van der Waals surface area contributed by atoms with E-state index in [0.29, 0.717) is 0 Å². The van der Waals surface area contributed by atoms with E-state index in [1.54, 1.807) is 11.8 Å². The van der Waals surface area contributed by atoms with E-state index in [1.165, 1.54) is 0 Å². The Morgan fingerprint density at radius 1 is 1.30 bits per heavy atom. The van der Waals surface area contributed by atoms with Crippen LogP contribution in [-0.2, 0) is 5.75 Å². The van der Waals surface area contributed by atoms with Gasteiger partial charge in [-0.15, -0.1) is 0 Å². The molecular formula is C14H11BrClN3S. The molecule has 20 heavy (non-hydrogen) atoms. The van der Waals surface area contributed by atoms with Crippen LogP contribution in [0.1, 0.15) is 11.3 Å². The molecule has 0 aliphatic carbocycles. The van der Waals surface area contributed by atoms with Gasteiger partial charge in [0, 0.05) is 15.2 Å². The molecular weight excluding hydrogens is 358 g/mol. The van der Waals surface area contributed by atoms with Crippen LogP contribution in [0.3, 0.4) is 0 Å². The quantitative estimate of drug-likeness (QED) is 0.663. The number of fused-ring (bicyclic) bond motifs is 1. The van der Waals surface area contributed by atoms with E-state index in [1.807, 2.05) is 37.3 Å². The zero-order valence-electron chi connectivity index (χ0n) is 10.7. The first kappa shape index (κ1) is 13.9. The number of aryl methyl sites for hydroxylation is 1. The van der Waals surface area contributed by atoms with E-state index in [-0.39, 0.29) is 0 Å². The van der Waals surface area contributed by atoms with Gasteiger partial charge in [-0.05, 0) is 40.5 Å². The largest absolute Gasteiger partial charge is 0.331 e. The Morgan fingerprint density at radius 3 is 2.90 bits per heavy atom. The molecule has 3 rings (SSSR count). The van der Waals surface area contributed by atoms with E-state index >= 15 is 0 Å². The van der Waals surface area contributed by atoms with E-state index in [0.717, 1.165) is 42.8 Å². The molecule has 102 valence electrons. The van der Waals surface area contributed by atoms with E-state index < -0.39 is 0 Å². The van der Waals surface area contributed by atoms with Crippen molar-refractivity contribution in [2.75, 3.05) is 0 Å². The van der Waals surface area contributed by atoms with Gasteiger partial charge in [0.15, 0.2) is 10.8 Å². The van der Waals surface area contributed by atoms with Gasteiger partial charge >= 0.3 is 0 Å². The minimum Gasteiger partial charge on any atom is -0.331 e. The molecule has 6 heteroatoms. The smallest absolute Gasteiger partial charge is 0.178 e. The Bertz CT molecular complexity index is 733. The van der Waals surface area contributed by atoms with Crippen molar-refractivity contribution in [3.8, 4) is 0 Å².